The van der Waals surface area contributed by atoms with Gasteiger partial charge in [-0.25, -0.2) is 10.2 Å². The molecule has 0 atom stereocenters. The first-order chi connectivity index (χ1) is 12.2. The Labute approximate surface area is 143 Å². The highest BCUT2D eigenvalue weighted by atomic mass is 16.5. The number of esters is 1. The predicted octanol–water partition coefficient (Wildman–Crippen LogP) is 2.66. The number of hydrogen-bond donors (Lipinski definition) is 1. The lowest BCUT2D eigenvalue weighted by Crippen LogP contribution is -2.17. The van der Waals surface area contributed by atoms with Crippen molar-refractivity contribution in [2.24, 2.45) is 5.10 Å². The van der Waals surface area contributed by atoms with Crippen LogP contribution in [0.3, 0.4) is 0 Å². The van der Waals surface area contributed by atoms with Crippen LogP contribution in [0.15, 0.2) is 76.7 Å². The standard InChI is InChI=1S/C18H13N3O4/c22-17(14-6-8-19-9-7-14)21-20-12-13-3-1-4-15(11-13)25-18(23)16-5-2-10-24-16/h1-12H,(H,21,22)/b20-12-. The summed E-state index contributed by atoms with van der Waals surface area (Å²) in [5.41, 5.74) is 3.51. The molecule has 0 bridgehead atoms. The lowest BCUT2D eigenvalue weighted by Gasteiger charge is -2.03. The highest BCUT2D eigenvalue weighted by molar-refractivity contribution is 5.94. The van der Waals surface area contributed by atoms with Crippen LogP contribution in [-0.2, 0) is 0 Å². The Morgan fingerprint density at radius 3 is 2.72 bits per heavy atom. The van der Waals surface area contributed by atoms with Crippen molar-refractivity contribution in [2.45, 2.75) is 0 Å². The number of hydrogen-bond acceptors (Lipinski definition) is 6. The van der Waals surface area contributed by atoms with E-state index in [1.165, 1.54) is 30.9 Å². The van der Waals surface area contributed by atoms with Crippen LogP contribution in [0, 0.1) is 0 Å². The van der Waals surface area contributed by atoms with Crippen molar-refractivity contribution in [1.82, 2.24) is 10.4 Å². The molecule has 3 rings (SSSR count). The Bertz CT molecular complexity index is 890. The molecule has 25 heavy (non-hydrogen) atoms. The van der Waals surface area contributed by atoms with Gasteiger partial charge in [0.15, 0.2) is 0 Å². The second-order valence-corrected chi connectivity index (χ2v) is 4.87. The molecule has 7 heteroatoms. The van der Waals surface area contributed by atoms with Gasteiger partial charge in [-0.2, -0.15) is 5.10 Å². The minimum absolute atomic E-state index is 0.115. The maximum atomic E-state index is 11.8. The van der Waals surface area contributed by atoms with Gasteiger partial charge in [-0.3, -0.25) is 9.78 Å². The predicted molar refractivity (Wildman–Crippen MR) is 89.4 cm³/mol. The summed E-state index contributed by atoms with van der Waals surface area (Å²) < 4.78 is 10.2. The van der Waals surface area contributed by atoms with E-state index in [-0.39, 0.29) is 11.7 Å². The molecule has 0 aliphatic carbocycles. The van der Waals surface area contributed by atoms with Gasteiger partial charge in [0, 0.05) is 18.0 Å². The molecule has 3 aromatic rings. The number of pyridine rings is 1. The summed E-state index contributed by atoms with van der Waals surface area (Å²) in [4.78, 5) is 27.5. The van der Waals surface area contributed by atoms with Crippen LogP contribution in [-0.4, -0.2) is 23.1 Å². The summed E-state index contributed by atoms with van der Waals surface area (Å²) in [7, 11) is 0. The second-order valence-electron chi connectivity index (χ2n) is 4.87. The molecule has 0 unspecified atom stereocenters. The van der Waals surface area contributed by atoms with Crippen LogP contribution in [0.25, 0.3) is 0 Å². The minimum Gasteiger partial charge on any atom is -0.457 e. The third-order valence-electron chi connectivity index (χ3n) is 3.11. The van der Waals surface area contributed by atoms with Crippen molar-refractivity contribution in [3.63, 3.8) is 0 Å². The zero-order valence-corrected chi connectivity index (χ0v) is 13.0. The number of carbonyl (C=O) groups is 2. The molecule has 0 radical (unpaired) electrons. The molecule has 0 saturated carbocycles. The Morgan fingerprint density at radius 2 is 1.96 bits per heavy atom. The molecule has 0 fully saturated rings. The number of carbonyl (C=O) groups excluding carboxylic acids is 2. The number of rotatable bonds is 5. The van der Waals surface area contributed by atoms with E-state index in [0.29, 0.717) is 16.9 Å². The summed E-state index contributed by atoms with van der Waals surface area (Å²) in [5, 5.41) is 3.88. The molecule has 1 amide bonds. The van der Waals surface area contributed by atoms with E-state index in [4.69, 9.17) is 9.15 Å². The van der Waals surface area contributed by atoms with Crippen molar-refractivity contribution >= 4 is 18.1 Å². The molecule has 2 heterocycles. The Kier molecular flexibility index (Phi) is 4.96. The van der Waals surface area contributed by atoms with Crippen LogP contribution in [0.4, 0.5) is 0 Å². The van der Waals surface area contributed by atoms with Crippen molar-refractivity contribution in [3.05, 3.63) is 84.1 Å². The SMILES string of the molecule is O=C(N/N=C\c1cccc(OC(=O)c2ccco2)c1)c1ccncc1. The quantitative estimate of drug-likeness (QED) is 0.335. The molecular weight excluding hydrogens is 322 g/mol. The number of amides is 1. The van der Waals surface area contributed by atoms with Crippen LogP contribution in [0.5, 0.6) is 5.75 Å². The van der Waals surface area contributed by atoms with Crippen molar-refractivity contribution < 1.29 is 18.7 Å². The van der Waals surface area contributed by atoms with Gasteiger partial charge in [0.05, 0.1) is 12.5 Å². The molecular formula is C18H13N3O4. The van der Waals surface area contributed by atoms with E-state index in [1.807, 2.05) is 0 Å². The normalized spacial score (nSPS) is 10.6. The molecule has 0 spiro atoms. The van der Waals surface area contributed by atoms with Gasteiger partial charge in [-0.15, -0.1) is 0 Å². The fraction of sp³-hybridized carbons (Fsp3) is 0. The third kappa shape index (κ3) is 4.38. The van der Waals surface area contributed by atoms with Gasteiger partial charge >= 0.3 is 5.97 Å². The first kappa shape index (κ1) is 16.1. The smallest absolute Gasteiger partial charge is 0.379 e. The van der Waals surface area contributed by atoms with Crippen LogP contribution in [0.2, 0.25) is 0 Å². The lowest BCUT2D eigenvalue weighted by molar-refractivity contribution is 0.0701. The van der Waals surface area contributed by atoms with Gasteiger partial charge in [0.2, 0.25) is 5.76 Å². The van der Waals surface area contributed by atoms with Gasteiger partial charge in [-0.1, -0.05) is 12.1 Å². The van der Waals surface area contributed by atoms with Gasteiger partial charge in [0.25, 0.3) is 5.91 Å². The molecule has 7 nitrogen and oxygen atoms in total. The van der Waals surface area contributed by atoms with Gasteiger partial charge < -0.3 is 9.15 Å². The zero-order chi connectivity index (χ0) is 17.5. The lowest BCUT2D eigenvalue weighted by atomic mass is 10.2. The largest absolute Gasteiger partial charge is 0.457 e. The van der Waals surface area contributed by atoms with Gasteiger partial charge in [0.1, 0.15) is 5.75 Å². The van der Waals surface area contributed by atoms with Crippen molar-refractivity contribution in [3.8, 4) is 5.75 Å². The maximum absolute atomic E-state index is 11.8. The van der Waals surface area contributed by atoms with Crippen LogP contribution >= 0.6 is 0 Å². The summed E-state index contributed by atoms with van der Waals surface area (Å²) in [6.45, 7) is 0. The van der Waals surface area contributed by atoms with Crippen molar-refractivity contribution in [1.29, 1.82) is 0 Å². The van der Waals surface area contributed by atoms with E-state index in [0.717, 1.165) is 0 Å². The number of hydrazone groups is 1. The number of nitrogens with one attached hydrogen (secondary N) is 1. The highest BCUT2D eigenvalue weighted by Crippen LogP contribution is 2.14. The van der Waals surface area contributed by atoms with Gasteiger partial charge in [-0.05, 0) is 42.0 Å². The Balaban J connectivity index is 1.61. The average Bonchev–Trinajstić information content (AvgIpc) is 3.17. The van der Waals surface area contributed by atoms with E-state index in [1.54, 1.807) is 42.5 Å². The Morgan fingerprint density at radius 1 is 1.12 bits per heavy atom. The summed E-state index contributed by atoms with van der Waals surface area (Å²) in [5.74, 6) is -0.487. The fourth-order valence-electron chi connectivity index (χ4n) is 1.94. The number of ether oxygens (including phenoxy) is 1. The average molecular weight is 335 g/mol. The maximum Gasteiger partial charge on any atom is 0.379 e. The number of nitrogens with zero attached hydrogens (tertiary/aromatic N) is 2. The van der Waals surface area contributed by atoms with Crippen LogP contribution < -0.4 is 10.2 Å². The molecule has 2 aromatic heterocycles. The molecule has 0 saturated heterocycles. The summed E-state index contributed by atoms with van der Waals surface area (Å²) in [6.07, 6.45) is 5.89. The third-order valence-corrected chi connectivity index (χ3v) is 3.11. The first-order valence-electron chi connectivity index (χ1n) is 7.31. The summed E-state index contributed by atoms with van der Waals surface area (Å²) in [6, 6.07) is 13.0. The molecule has 124 valence electrons. The molecule has 0 aliphatic heterocycles. The number of benzene rings is 1. The van der Waals surface area contributed by atoms with E-state index in [2.05, 4.69) is 15.5 Å². The fourth-order valence-corrected chi connectivity index (χ4v) is 1.94. The monoisotopic (exact) mass is 335 g/mol. The molecule has 0 aliphatic rings. The van der Waals surface area contributed by atoms with E-state index in [9.17, 15) is 9.59 Å². The first-order valence-corrected chi connectivity index (χ1v) is 7.31. The topological polar surface area (TPSA) is 93.8 Å². The molecule has 1 N–H and O–H groups in total. The van der Waals surface area contributed by atoms with E-state index >= 15 is 0 Å². The zero-order valence-electron chi connectivity index (χ0n) is 13.0. The number of furan rings is 1. The highest BCUT2D eigenvalue weighted by Gasteiger charge is 2.11. The van der Waals surface area contributed by atoms with E-state index < -0.39 is 5.97 Å². The van der Waals surface area contributed by atoms with Crippen LogP contribution in [0.1, 0.15) is 26.5 Å². The van der Waals surface area contributed by atoms with Crippen molar-refractivity contribution in [2.75, 3.05) is 0 Å². The second kappa shape index (κ2) is 7.69. The summed E-state index contributed by atoms with van der Waals surface area (Å²) >= 11 is 0. The Hall–Kier alpha value is -3.74. The number of aromatic nitrogens is 1. The minimum atomic E-state index is -0.593. The molecule has 1 aromatic carbocycles.